The van der Waals surface area contributed by atoms with E-state index in [4.69, 9.17) is 10.5 Å². The normalized spacial score (nSPS) is 14.0. The number of carbonyl (C=O) groups excluding carboxylic acids is 8. The van der Waals surface area contributed by atoms with Crippen LogP contribution in [-0.2, 0) is 75.1 Å². The van der Waals surface area contributed by atoms with Crippen LogP contribution in [0.15, 0.2) is 109 Å². The van der Waals surface area contributed by atoms with Crippen molar-refractivity contribution >= 4 is 75.6 Å². The molecule has 20 nitrogen and oxygen atoms in total. The molecule has 1 aromatic heterocycles. The summed E-state index contributed by atoms with van der Waals surface area (Å²) in [6.45, 7) is 18.8. The number of hydrogen-bond donors (Lipinski definition) is 7. The number of Topliss-reactive ketones (excluding diaryl/α,β-unsaturated/α-hetero) is 1. The molecule has 0 aliphatic carbocycles. The number of nitrogens with one attached hydrogen (secondary N) is 5. The van der Waals surface area contributed by atoms with Gasteiger partial charge in [0, 0.05) is 97.1 Å². The number of nitrogens with zero attached hydrogens (tertiary/aromatic N) is 3. The Morgan fingerprint density at radius 3 is 2.08 bits per heavy atom. The number of ether oxygens (including phenoxy) is 1. The minimum Gasteiger partial charge on any atom is -0.478 e. The molecule has 0 spiro atoms. The Morgan fingerprint density at radius 1 is 0.791 bits per heavy atom. The van der Waals surface area contributed by atoms with E-state index in [2.05, 4.69) is 38.4 Å². The van der Waals surface area contributed by atoms with Gasteiger partial charge in [0.25, 0.3) is 0 Å². The Labute approximate surface area is 534 Å². The van der Waals surface area contributed by atoms with Crippen LogP contribution in [0.5, 0.6) is 0 Å². The van der Waals surface area contributed by atoms with Gasteiger partial charge in [-0.05, 0) is 115 Å². The summed E-state index contributed by atoms with van der Waals surface area (Å²) in [5, 5.41) is 25.0. The summed E-state index contributed by atoms with van der Waals surface area (Å²) in [5.41, 5.74) is 10.6. The fourth-order valence-corrected chi connectivity index (χ4v) is 11.5. The highest BCUT2D eigenvalue weighted by molar-refractivity contribution is 6.00. The lowest BCUT2D eigenvalue weighted by atomic mass is 9.76. The van der Waals surface area contributed by atoms with Crippen molar-refractivity contribution in [2.75, 3.05) is 30.9 Å². The van der Waals surface area contributed by atoms with E-state index in [9.17, 15) is 48.3 Å². The quantitative estimate of drug-likeness (QED) is 0.0103. The number of ketones is 1. The molecule has 91 heavy (non-hydrogen) atoms. The Hall–Kier alpha value is -9.09. The topological polar surface area (TPSA) is 281 Å². The van der Waals surface area contributed by atoms with Gasteiger partial charge in [0.1, 0.15) is 12.6 Å². The number of esters is 1. The predicted octanol–water partition coefficient (Wildman–Crippen LogP) is 8.59. The summed E-state index contributed by atoms with van der Waals surface area (Å²) in [5.74, 6) is 1.21. The second-order valence-electron chi connectivity index (χ2n) is 25.9. The number of carboxylic acids is 1. The number of anilines is 2. The van der Waals surface area contributed by atoms with Crippen LogP contribution < -0.4 is 37.2 Å². The van der Waals surface area contributed by atoms with E-state index in [0.717, 1.165) is 33.2 Å². The van der Waals surface area contributed by atoms with Crippen LogP contribution in [0, 0.1) is 35.0 Å². The number of fused-ring (bicyclic) bond motifs is 3. The van der Waals surface area contributed by atoms with Crippen molar-refractivity contribution in [3.05, 3.63) is 142 Å². The van der Waals surface area contributed by atoms with Gasteiger partial charge in [0.2, 0.25) is 29.5 Å². The molecule has 1 aliphatic rings. The van der Waals surface area contributed by atoms with Gasteiger partial charge in [0.05, 0.1) is 30.4 Å². The number of carbonyl (C=O) groups is 9. The van der Waals surface area contributed by atoms with Crippen LogP contribution in [0.1, 0.15) is 141 Å². The number of hydrogen-bond acceptors (Lipinski definition) is 11. The first-order valence-electron chi connectivity index (χ1n) is 31.1. The third-order valence-electron chi connectivity index (χ3n) is 16.8. The van der Waals surface area contributed by atoms with Crippen molar-refractivity contribution in [1.29, 1.82) is 0 Å². The number of benzene rings is 4. The number of aliphatic carboxylic acids is 1. The maximum absolute atomic E-state index is 14.5. The van der Waals surface area contributed by atoms with Crippen LogP contribution in [-0.4, -0.2) is 113 Å². The minimum atomic E-state index is -1.08. The second-order valence-corrected chi connectivity index (χ2v) is 25.9. The van der Waals surface area contributed by atoms with Gasteiger partial charge >= 0.3 is 18.0 Å². The van der Waals surface area contributed by atoms with Gasteiger partial charge in [-0.1, -0.05) is 129 Å². The van der Waals surface area contributed by atoms with Crippen molar-refractivity contribution in [3.8, 4) is 11.8 Å². The monoisotopic (exact) mass is 1250 g/mol. The van der Waals surface area contributed by atoms with Crippen molar-refractivity contribution in [3.63, 3.8) is 0 Å². The highest BCUT2D eigenvalue weighted by atomic mass is 16.5. The van der Waals surface area contributed by atoms with E-state index < -0.39 is 70.7 Å². The smallest absolute Gasteiger partial charge is 0.331 e. The lowest BCUT2D eigenvalue weighted by Crippen LogP contribution is -2.61. The van der Waals surface area contributed by atoms with Crippen molar-refractivity contribution < 1.29 is 53.0 Å². The van der Waals surface area contributed by atoms with Crippen LogP contribution >= 0.6 is 0 Å². The standard InChI is InChI=1S/C71H91N9O11/c1-43(2)57(37-45(5)68(88)89)79(13)67(87)64(70(6,7)8)77-66(86)63(73-11)71(9,10)54-41-78(12)56-32-26-46(38-53(54)56)27-35-61(84)91-42-47-24-30-52(31-25-47)75-65(85)50(22-18-36-74-69(72)90)39-58(81)62(44(3)4)76-59(82)33-34-60(83)80-40-51-21-15-14-19-48(51)28-29-49-20-16-17-23-55(49)80/h14-17,19-21,23-26,30-32,37-38,41,43-44,50,57,62-64,73H,18,22,27,33-36,39-40,42H2,1-13H3,(H,75,85)(H,76,82)(H,77,86)(H,88,89)(H3,72,74,90)/b45-37+/t50-,57-,62+,63+,64-/m1/s1. The van der Waals surface area contributed by atoms with E-state index in [1.807, 2.05) is 133 Å². The second kappa shape index (κ2) is 31.6. The lowest BCUT2D eigenvalue weighted by Gasteiger charge is -2.39. The summed E-state index contributed by atoms with van der Waals surface area (Å²) in [6.07, 6.45) is 3.99. The van der Waals surface area contributed by atoms with Crippen molar-refractivity contribution in [1.82, 2.24) is 30.7 Å². The number of carboxylic acid groups (broad SMARTS) is 1. The molecule has 5 atom stereocenters. The molecule has 1 aliphatic heterocycles. The van der Waals surface area contributed by atoms with Crippen LogP contribution in [0.4, 0.5) is 16.2 Å². The van der Waals surface area contributed by atoms with E-state index in [0.29, 0.717) is 35.3 Å². The first-order valence-corrected chi connectivity index (χ1v) is 31.1. The number of primary amides is 1. The lowest BCUT2D eigenvalue weighted by molar-refractivity contribution is -0.145. The SMILES string of the molecule is CN[C@@H](C(=O)N[C@H](C(=O)N(C)[C@H](/C=C(\C)C(=O)O)C(C)C)C(C)(C)C)C(C)(C)c1cn(C)c2ccc(CCC(=O)OCc3ccc(NC(=O)[C@H](CCCNC(N)=O)CC(=O)[C@@H](NC(=O)CCC(=O)N4Cc5ccccc5C#Cc5ccccc54)C(C)C)cc3)cc12. The molecular formula is C71H91N9O11. The number of nitrogens with two attached hydrogens (primary N) is 1. The average Bonchev–Trinajstić information content (AvgIpc) is 1.66. The number of para-hydroxylation sites is 1. The van der Waals surface area contributed by atoms with Gasteiger partial charge in [-0.3, -0.25) is 33.6 Å². The largest absolute Gasteiger partial charge is 0.478 e. The molecule has 20 heteroatoms. The molecule has 2 heterocycles. The maximum atomic E-state index is 14.5. The molecule has 0 fully saturated rings. The molecule has 7 amide bonds. The minimum absolute atomic E-state index is 0.0370. The van der Waals surface area contributed by atoms with Gasteiger partial charge < -0.3 is 56.5 Å². The third kappa shape index (κ3) is 19.0. The molecule has 486 valence electrons. The third-order valence-corrected chi connectivity index (χ3v) is 16.8. The Morgan fingerprint density at radius 2 is 1.44 bits per heavy atom. The average molecular weight is 1250 g/mol. The number of aromatic nitrogens is 1. The number of urea groups is 1. The van der Waals surface area contributed by atoms with E-state index >= 15 is 0 Å². The fourth-order valence-electron chi connectivity index (χ4n) is 11.5. The molecule has 0 bridgehead atoms. The summed E-state index contributed by atoms with van der Waals surface area (Å²) in [7, 11) is 5.25. The Balaban J connectivity index is 1.05. The Kier molecular flexibility index (Phi) is 24.6. The van der Waals surface area contributed by atoms with E-state index in [1.165, 1.54) is 11.8 Å². The summed E-state index contributed by atoms with van der Waals surface area (Å²) in [4.78, 5) is 124. The molecule has 0 unspecified atom stereocenters. The summed E-state index contributed by atoms with van der Waals surface area (Å²) in [6, 6.07) is 23.7. The molecule has 0 saturated carbocycles. The van der Waals surface area contributed by atoms with Gasteiger partial charge in [-0.2, -0.15) is 0 Å². The fraction of sp³-hybridized carbons (Fsp3) is 0.451. The number of aryl methyl sites for hydroxylation is 2. The highest BCUT2D eigenvalue weighted by Crippen LogP contribution is 2.36. The number of amides is 7. The maximum Gasteiger partial charge on any atom is 0.331 e. The molecule has 0 radical (unpaired) electrons. The van der Waals surface area contributed by atoms with Crippen LogP contribution in [0.25, 0.3) is 10.9 Å². The number of likely N-dealkylation sites (N-methyl/N-ethyl adjacent to an activating group) is 2. The zero-order chi connectivity index (χ0) is 67.1. The van der Waals surface area contributed by atoms with Gasteiger partial charge in [0.15, 0.2) is 5.78 Å². The highest BCUT2D eigenvalue weighted by Gasteiger charge is 2.43. The zero-order valence-electron chi connectivity index (χ0n) is 54.9. The van der Waals surface area contributed by atoms with Crippen LogP contribution in [0.3, 0.4) is 0 Å². The van der Waals surface area contributed by atoms with Crippen LogP contribution in [0.2, 0.25) is 0 Å². The zero-order valence-corrected chi connectivity index (χ0v) is 54.9. The van der Waals surface area contributed by atoms with Crippen molar-refractivity contribution in [2.24, 2.45) is 36.0 Å². The molecule has 0 saturated heterocycles. The first-order chi connectivity index (χ1) is 42.9. The molecule has 4 aromatic carbocycles. The molecular weight excluding hydrogens is 1150 g/mol. The predicted molar refractivity (Wildman–Crippen MR) is 352 cm³/mol. The Bertz CT molecular complexity index is 3580. The molecule has 8 N–H and O–H groups in total. The van der Waals surface area contributed by atoms with E-state index in [-0.39, 0.29) is 92.7 Å². The van der Waals surface area contributed by atoms with Gasteiger partial charge in [-0.15, -0.1) is 0 Å². The molecule has 6 rings (SSSR count). The first kappa shape index (κ1) is 71.0. The van der Waals surface area contributed by atoms with E-state index in [1.54, 1.807) is 63.2 Å². The van der Waals surface area contributed by atoms with Crippen molar-refractivity contribution in [2.45, 2.75) is 157 Å². The summed E-state index contributed by atoms with van der Waals surface area (Å²) < 4.78 is 7.68. The molecule has 5 aromatic rings. The number of rotatable bonds is 29. The van der Waals surface area contributed by atoms with Gasteiger partial charge in [-0.25, -0.2) is 9.59 Å². The summed E-state index contributed by atoms with van der Waals surface area (Å²) >= 11 is 0.